The molecule has 2 rings (SSSR count). The highest BCUT2D eigenvalue weighted by atomic mass is 79.9. The van der Waals surface area contributed by atoms with Gasteiger partial charge in [0.15, 0.2) is 5.78 Å². The van der Waals surface area contributed by atoms with Gasteiger partial charge in [0, 0.05) is 15.6 Å². The molecule has 0 heterocycles. The monoisotopic (exact) mass is 338 g/mol. The van der Waals surface area contributed by atoms with Gasteiger partial charge in [-0.05, 0) is 36.4 Å². The van der Waals surface area contributed by atoms with Crippen molar-refractivity contribution in [2.45, 2.75) is 0 Å². The van der Waals surface area contributed by atoms with Crippen molar-refractivity contribution < 1.29 is 9.18 Å². The average molecular weight is 340 g/mol. The summed E-state index contributed by atoms with van der Waals surface area (Å²) in [5, 5.41) is 0.276. The summed E-state index contributed by atoms with van der Waals surface area (Å²) in [4.78, 5) is 11.9. The summed E-state index contributed by atoms with van der Waals surface area (Å²) in [6, 6.07) is 11.4. The van der Waals surface area contributed by atoms with Gasteiger partial charge in [0.25, 0.3) is 0 Å². The molecule has 1 nitrogen and oxygen atoms in total. The summed E-state index contributed by atoms with van der Waals surface area (Å²) in [5.74, 6) is -0.661. The van der Waals surface area contributed by atoms with Crippen molar-refractivity contribution in [1.29, 1.82) is 0 Å². The molecular weight excluding hydrogens is 331 g/mol. The topological polar surface area (TPSA) is 17.1 Å². The molecule has 0 N–H and O–H groups in total. The normalized spacial score (nSPS) is 10.9. The van der Waals surface area contributed by atoms with Crippen molar-refractivity contribution in [3.63, 3.8) is 0 Å². The molecule has 0 aliphatic carbocycles. The first-order valence-corrected chi connectivity index (χ1v) is 6.67. The van der Waals surface area contributed by atoms with Crippen LogP contribution in [0.4, 0.5) is 4.39 Å². The number of halogens is 3. The van der Waals surface area contributed by atoms with E-state index >= 15 is 0 Å². The second-order valence-electron chi connectivity index (χ2n) is 3.84. The van der Waals surface area contributed by atoms with Crippen LogP contribution in [0, 0.1) is 5.82 Å². The van der Waals surface area contributed by atoms with Crippen molar-refractivity contribution in [2.75, 3.05) is 0 Å². The van der Waals surface area contributed by atoms with Crippen LogP contribution in [-0.2, 0) is 0 Å². The van der Waals surface area contributed by atoms with Gasteiger partial charge in [-0.25, -0.2) is 4.39 Å². The van der Waals surface area contributed by atoms with Gasteiger partial charge in [-0.3, -0.25) is 4.79 Å². The number of benzene rings is 2. The van der Waals surface area contributed by atoms with Gasteiger partial charge < -0.3 is 0 Å². The fraction of sp³-hybridized carbons (Fsp3) is 0. The highest BCUT2D eigenvalue weighted by Gasteiger charge is 2.05. The molecule has 0 fully saturated rings. The predicted octanol–water partition coefficient (Wildman–Crippen LogP) is 5.14. The lowest BCUT2D eigenvalue weighted by Gasteiger charge is -2.00. The van der Waals surface area contributed by atoms with E-state index in [0.717, 1.165) is 4.47 Å². The molecule has 0 unspecified atom stereocenters. The zero-order valence-electron chi connectivity index (χ0n) is 9.74. The maximum atomic E-state index is 13.5. The van der Waals surface area contributed by atoms with Crippen LogP contribution in [0.3, 0.4) is 0 Å². The first-order chi connectivity index (χ1) is 9.08. The maximum absolute atomic E-state index is 13.5. The Balaban J connectivity index is 2.26. The van der Waals surface area contributed by atoms with Gasteiger partial charge in [0.1, 0.15) is 5.82 Å². The van der Waals surface area contributed by atoms with Crippen LogP contribution in [0.1, 0.15) is 15.9 Å². The largest absolute Gasteiger partial charge is 0.289 e. The standard InChI is InChI=1S/C15H9BrClFO/c16-11-4-1-3-10(9-11)15(19)8-7-12-13(17)5-2-6-14(12)18/h1-9H/b8-7+. The number of ketones is 1. The Morgan fingerprint density at radius 2 is 1.95 bits per heavy atom. The van der Waals surface area contributed by atoms with Gasteiger partial charge in [-0.15, -0.1) is 0 Å². The summed E-state index contributed by atoms with van der Waals surface area (Å²) in [7, 11) is 0. The summed E-state index contributed by atoms with van der Waals surface area (Å²) >= 11 is 9.17. The molecule has 0 aliphatic rings. The van der Waals surface area contributed by atoms with Crippen LogP contribution in [0.5, 0.6) is 0 Å². The van der Waals surface area contributed by atoms with Gasteiger partial charge >= 0.3 is 0 Å². The van der Waals surface area contributed by atoms with Crippen molar-refractivity contribution in [3.8, 4) is 0 Å². The van der Waals surface area contributed by atoms with Gasteiger partial charge in [0.05, 0.1) is 5.02 Å². The lowest BCUT2D eigenvalue weighted by molar-refractivity contribution is 0.104. The number of hydrogen-bond donors (Lipinski definition) is 0. The van der Waals surface area contributed by atoms with Gasteiger partial charge in [0.2, 0.25) is 0 Å². The summed E-state index contributed by atoms with van der Waals surface area (Å²) in [6.07, 6.45) is 2.70. The van der Waals surface area contributed by atoms with Crippen LogP contribution in [0.15, 0.2) is 53.0 Å². The quantitative estimate of drug-likeness (QED) is 0.559. The molecule has 4 heteroatoms. The molecule has 0 aliphatic heterocycles. The molecule has 0 bridgehead atoms. The van der Waals surface area contributed by atoms with Crippen molar-refractivity contribution in [2.24, 2.45) is 0 Å². The van der Waals surface area contributed by atoms with Crippen LogP contribution in [-0.4, -0.2) is 5.78 Å². The predicted molar refractivity (Wildman–Crippen MR) is 78.9 cm³/mol. The molecule has 96 valence electrons. The Morgan fingerprint density at radius 3 is 2.63 bits per heavy atom. The number of rotatable bonds is 3. The zero-order valence-corrected chi connectivity index (χ0v) is 12.1. The SMILES string of the molecule is O=C(/C=C/c1c(F)cccc1Cl)c1cccc(Br)c1. The minimum absolute atomic E-state index is 0.208. The number of hydrogen-bond acceptors (Lipinski definition) is 1. The van der Waals surface area contributed by atoms with E-state index in [2.05, 4.69) is 15.9 Å². The first-order valence-electron chi connectivity index (χ1n) is 5.50. The summed E-state index contributed by atoms with van der Waals surface area (Å²) in [6.45, 7) is 0. The van der Waals surface area contributed by atoms with E-state index in [0.29, 0.717) is 5.56 Å². The van der Waals surface area contributed by atoms with E-state index in [4.69, 9.17) is 11.6 Å². The van der Waals surface area contributed by atoms with E-state index in [1.807, 2.05) is 6.07 Å². The van der Waals surface area contributed by atoms with Crippen LogP contribution >= 0.6 is 27.5 Å². The summed E-state index contributed by atoms with van der Waals surface area (Å²) in [5.41, 5.74) is 0.741. The molecule has 0 amide bonds. The fourth-order valence-electron chi connectivity index (χ4n) is 1.57. The third kappa shape index (κ3) is 3.52. The molecule has 2 aromatic carbocycles. The average Bonchev–Trinajstić information content (AvgIpc) is 2.38. The van der Waals surface area contributed by atoms with Gasteiger partial charge in [-0.1, -0.05) is 45.7 Å². The lowest BCUT2D eigenvalue weighted by Crippen LogP contribution is -1.94. The number of carbonyl (C=O) groups excluding carboxylic acids is 1. The van der Waals surface area contributed by atoms with E-state index in [1.165, 1.54) is 24.3 Å². The minimum Gasteiger partial charge on any atom is -0.289 e. The fourth-order valence-corrected chi connectivity index (χ4v) is 2.19. The second kappa shape index (κ2) is 6.13. The van der Waals surface area contributed by atoms with Gasteiger partial charge in [-0.2, -0.15) is 0 Å². The number of allylic oxidation sites excluding steroid dienone is 1. The van der Waals surface area contributed by atoms with E-state index < -0.39 is 5.82 Å². The third-order valence-corrected chi connectivity index (χ3v) is 3.33. The number of carbonyl (C=O) groups is 1. The zero-order chi connectivity index (χ0) is 13.8. The smallest absolute Gasteiger partial charge is 0.185 e. The molecule has 0 aromatic heterocycles. The van der Waals surface area contributed by atoms with Crippen LogP contribution in [0.2, 0.25) is 5.02 Å². The van der Waals surface area contributed by atoms with E-state index in [-0.39, 0.29) is 16.4 Å². The van der Waals surface area contributed by atoms with Crippen LogP contribution < -0.4 is 0 Å². The van der Waals surface area contributed by atoms with Crippen molar-refractivity contribution >= 4 is 39.4 Å². The van der Waals surface area contributed by atoms with E-state index in [9.17, 15) is 9.18 Å². The molecule has 19 heavy (non-hydrogen) atoms. The minimum atomic E-state index is -0.453. The van der Waals surface area contributed by atoms with Crippen molar-refractivity contribution in [3.05, 3.63) is 75.0 Å². The Morgan fingerprint density at radius 1 is 1.21 bits per heavy atom. The Bertz CT molecular complexity index is 632. The molecule has 0 atom stereocenters. The maximum Gasteiger partial charge on any atom is 0.185 e. The third-order valence-electron chi connectivity index (χ3n) is 2.51. The Hall–Kier alpha value is -1.45. The molecular formula is C15H9BrClFO. The highest BCUT2D eigenvalue weighted by molar-refractivity contribution is 9.10. The Kier molecular flexibility index (Phi) is 4.51. The molecule has 0 radical (unpaired) electrons. The molecule has 2 aromatic rings. The molecule has 0 saturated heterocycles. The second-order valence-corrected chi connectivity index (χ2v) is 5.17. The van der Waals surface area contributed by atoms with E-state index in [1.54, 1.807) is 24.3 Å². The van der Waals surface area contributed by atoms with Crippen LogP contribution in [0.25, 0.3) is 6.08 Å². The van der Waals surface area contributed by atoms with Crippen molar-refractivity contribution in [1.82, 2.24) is 0 Å². The summed E-state index contributed by atoms with van der Waals surface area (Å²) < 4.78 is 14.3. The highest BCUT2D eigenvalue weighted by Crippen LogP contribution is 2.21. The first kappa shape index (κ1) is 14.0. The molecule has 0 saturated carbocycles. The molecule has 0 spiro atoms. The Labute approximate surface area is 123 Å². The lowest BCUT2D eigenvalue weighted by atomic mass is 10.1.